The fraction of sp³-hybridized carbons (Fsp3) is 0. The number of hydrogen-bond acceptors (Lipinski definition) is 3. The number of nitrogens with two attached hydrogens (primary N) is 1. The molecule has 0 saturated carbocycles. The molecule has 0 aromatic carbocycles. The highest BCUT2D eigenvalue weighted by Gasteiger charge is 1.98. The van der Waals surface area contributed by atoms with Gasteiger partial charge in [0.05, 0.1) is 6.20 Å². The maximum Gasteiger partial charge on any atom is 0.221 e. The van der Waals surface area contributed by atoms with Gasteiger partial charge in [0, 0.05) is 0 Å². The summed E-state index contributed by atoms with van der Waals surface area (Å²) in [6, 6.07) is 0. The van der Waals surface area contributed by atoms with Crippen LogP contribution in [0.25, 0.3) is 0 Å². The minimum Gasteiger partial charge on any atom is -0.368 e. The maximum atomic E-state index is 12.3. The highest BCUT2D eigenvalue weighted by Crippen LogP contribution is 2.05. The van der Waals surface area contributed by atoms with Crippen LogP contribution in [0.1, 0.15) is 0 Å². The van der Waals surface area contributed by atoms with Gasteiger partial charge in [-0.15, -0.1) is 0 Å². The van der Waals surface area contributed by atoms with E-state index in [0.717, 1.165) is 6.20 Å². The third-order valence-electron chi connectivity index (χ3n) is 0.720. The molecule has 0 atom stereocenters. The lowest BCUT2D eigenvalue weighted by Gasteiger charge is -1.91. The molecule has 1 aromatic heterocycles. The van der Waals surface area contributed by atoms with Gasteiger partial charge in [-0.1, -0.05) is 0 Å². The van der Waals surface area contributed by atoms with Crippen molar-refractivity contribution in [3.05, 3.63) is 15.7 Å². The lowest BCUT2D eigenvalue weighted by atomic mass is 10.6. The van der Waals surface area contributed by atoms with E-state index in [4.69, 9.17) is 5.73 Å². The molecule has 48 valence electrons. The lowest BCUT2D eigenvalue weighted by Crippen LogP contribution is -1.97. The number of rotatable bonds is 0. The Balaban J connectivity index is 3.17. The number of anilines is 1. The van der Waals surface area contributed by atoms with Crippen molar-refractivity contribution in [1.29, 1.82) is 0 Å². The summed E-state index contributed by atoms with van der Waals surface area (Å²) < 4.78 is 12.6. The fourth-order valence-corrected chi connectivity index (χ4v) is 0.745. The molecule has 5 heteroatoms. The van der Waals surface area contributed by atoms with Crippen LogP contribution in [0.15, 0.2) is 6.20 Å². The first-order valence-electron chi connectivity index (χ1n) is 2.13. The topological polar surface area (TPSA) is 51.8 Å². The van der Waals surface area contributed by atoms with Crippen molar-refractivity contribution in [2.45, 2.75) is 0 Å². The molecule has 0 unspecified atom stereocenters. The predicted octanol–water partition coefficient (Wildman–Crippen LogP) is 0.802. The molecule has 1 heterocycles. The second kappa shape index (κ2) is 2.42. The Labute approximate surface area is 64.6 Å². The van der Waals surface area contributed by atoms with Crippen LogP contribution in [0, 0.1) is 9.52 Å². The molecule has 0 spiro atoms. The minimum absolute atomic E-state index is 0.0980. The van der Waals surface area contributed by atoms with Gasteiger partial charge in [0.25, 0.3) is 0 Å². The van der Waals surface area contributed by atoms with Crippen LogP contribution in [0.3, 0.4) is 0 Å². The van der Waals surface area contributed by atoms with E-state index in [1.807, 2.05) is 0 Å². The quantitative estimate of drug-likeness (QED) is 0.538. The Morgan fingerprint density at radius 1 is 1.67 bits per heavy atom. The van der Waals surface area contributed by atoms with Crippen molar-refractivity contribution < 1.29 is 4.39 Å². The van der Waals surface area contributed by atoms with Crippen LogP contribution in [0.4, 0.5) is 10.3 Å². The molecular formula is C4H3FIN3. The zero-order valence-corrected chi connectivity index (χ0v) is 6.46. The molecule has 1 aromatic rings. The Morgan fingerprint density at radius 2 is 2.33 bits per heavy atom. The summed E-state index contributed by atoms with van der Waals surface area (Å²) in [5.74, 6) is -0.342. The predicted molar refractivity (Wildman–Crippen MR) is 39.1 cm³/mol. The van der Waals surface area contributed by atoms with Crippen molar-refractivity contribution in [3.8, 4) is 0 Å². The second-order valence-corrected chi connectivity index (χ2v) is 2.39. The number of hydrogen-bond donors (Lipinski definition) is 1. The van der Waals surface area contributed by atoms with Gasteiger partial charge in [0.2, 0.25) is 5.95 Å². The first-order chi connectivity index (χ1) is 4.20. The minimum atomic E-state index is -0.440. The highest BCUT2D eigenvalue weighted by molar-refractivity contribution is 14.1. The molecule has 9 heavy (non-hydrogen) atoms. The van der Waals surface area contributed by atoms with Gasteiger partial charge >= 0.3 is 0 Å². The van der Waals surface area contributed by atoms with E-state index in [0.29, 0.717) is 0 Å². The number of halogens is 2. The summed E-state index contributed by atoms with van der Waals surface area (Å²) in [6.45, 7) is 0. The second-order valence-electron chi connectivity index (χ2n) is 1.37. The van der Waals surface area contributed by atoms with E-state index in [1.54, 1.807) is 22.6 Å². The van der Waals surface area contributed by atoms with Gasteiger partial charge in [-0.25, -0.2) is 14.4 Å². The summed E-state index contributed by atoms with van der Waals surface area (Å²) in [4.78, 5) is 6.98. The highest BCUT2D eigenvalue weighted by atomic mass is 127. The normalized spacial score (nSPS) is 9.56. The first kappa shape index (κ1) is 6.66. The van der Waals surface area contributed by atoms with Crippen LogP contribution in [-0.4, -0.2) is 9.97 Å². The van der Waals surface area contributed by atoms with Crippen LogP contribution < -0.4 is 5.73 Å². The molecule has 0 fully saturated rings. The van der Waals surface area contributed by atoms with Crippen molar-refractivity contribution in [3.63, 3.8) is 0 Å². The van der Waals surface area contributed by atoms with Gasteiger partial charge in [0.1, 0.15) is 3.70 Å². The largest absolute Gasteiger partial charge is 0.368 e. The summed E-state index contributed by atoms with van der Waals surface area (Å²) >= 11 is 1.74. The summed E-state index contributed by atoms with van der Waals surface area (Å²) in [6.07, 6.45) is 1.05. The SMILES string of the molecule is Nc1ncc(F)c(I)n1. The molecule has 1 rings (SSSR count). The molecular weight excluding hydrogens is 236 g/mol. The van der Waals surface area contributed by atoms with Gasteiger partial charge in [-0.3, -0.25) is 0 Å². The monoisotopic (exact) mass is 239 g/mol. The first-order valence-corrected chi connectivity index (χ1v) is 3.21. The number of aromatic nitrogens is 2. The van der Waals surface area contributed by atoms with E-state index in [2.05, 4.69) is 9.97 Å². The zero-order chi connectivity index (χ0) is 6.85. The molecule has 0 radical (unpaired) electrons. The molecule has 0 saturated heterocycles. The van der Waals surface area contributed by atoms with E-state index >= 15 is 0 Å². The lowest BCUT2D eigenvalue weighted by molar-refractivity contribution is 0.605. The Kier molecular flexibility index (Phi) is 1.79. The Morgan fingerprint density at radius 3 is 2.78 bits per heavy atom. The summed E-state index contributed by atoms with van der Waals surface area (Å²) in [5.41, 5.74) is 5.13. The van der Waals surface area contributed by atoms with Crippen molar-refractivity contribution in [1.82, 2.24) is 9.97 Å². The molecule has 0 amide bonds. The van der Waals surface area contributed by atoms with Gasteiger partial charge in [-0.05, 0) is 22.6 Å². The Bertz CT molecular complexity index is 227. The summed E-state index contributed by atoms with van der Waals surface area (Å²) in [7, 11) is 0. The number of nitrogens with zero attached hydrogens (tertiary/aromatic N) is 2. The Hall–Kier alpha value is -0.460. The zero-order valence-electron chi connectivity index (χ0n) is 4.31. The standard InChI is InChI=1S/C4H3FIN3/c5-2-1-8-4(7)9-3(2)6/h1H,(H2,7,8,9). The van der Waals surface area contributed by atoms with Crippen LogP contribution >= 0.6 is 22.6 Å². The van der Waals surface area contributed by atoms with Crippen LogP contribution in [0.2, 0.25) is 0 Å². The summed E-state index contributed by atoms with van der Waals surface area (Å²) in [5, 5.41) is 0. The van der Waals surface area contributed by atoms with Gasteiger partial charge < -0.3 is 5.73 Å². The molecule has 0 aliphatic carbocycles. The average Bonchev–Trinajstić information content (AvgIpc) is 1.80. The molecule has 0 bridgehead atoms. The van der Waals surface area contributed by atoms with E-state index in [1.165, 1.54) is 0 Å². The number of nitrogen functional groups attached to an aromatic ring is 1. The fourth-order valence-electron chi connectivity index (χ4n) is 0.359. The van der Waals surface area contributed by atoms with Crippen LogP contribution in [-0.2, 0) is 0 Å². The van der Waals surface area contributed by atoms with Gasteiger partial charge in [-0.2, -0.15) is 0 Å². The molecule has 0 aliphatic heterocycles. The molecule has 2 N–H and O–H groups in total. The molecule has 3 nitrogen and oxygen atoms in total. The van der Waals surface area contributed by atoms with Crippen LogP contribution in [0.5, 0.6) is 0 Å². The maximum absolute atomic E-state index is 12.3. The van der Waals surface area contributed by atoms with Crippen molar-refractivity contribution in [2.75, 3.05) is 5.73 Å². The smallest absolute Gasteiger partial charge is 0.221 e. The molecule has 0 aliphatic rings. The third kappa shape index (κ3) is 1.47. The van der Waals surface area contributed by atoms with Crippen molar-refractivity contribution in [2.24, 2.45) is 0 Å². The van der Waals surface area contributed by atoms with E-state index in [-0.39, 0.29) is 9.65 Å². The van der Waals surface area contributed by atoms with E-state index < -0.39 is 5.82 Å². The van der Waals surface area contributed by atoms with E-state index in [9.17, 15) is 4.39 Å². The van der Waals surface area contributed by atoms with Gasteiger partial charge in [0.15, 0.2) is 5.82 Å². The third-order valence-corrected chi connectivity index (χ3v) is 1.48. The average molecular weight is 239 g/mol. The van der Waals surface area contributed by atoms with Crippen molar-refractivity contribution >= 4 is 28.5 Å².